The van der Waals surface area contributed by atoms with Crippen LogP contribution >= 0.6 is 0 Å². The van der Waals surface area contributed by atoms with Crippen molar-refractivity contribution in [1.82, 2.24) is 4.90 Å². The van der Waals surface area contributed by atoms with E-state index in [4.69, 9.17) is 14.2 Å². The molecule has 1 saturated heterocycles. The summed E-state index contributed by atoms with van der Waals surface area (Å²) in [6.07, 6.45) is -0.286. The Hall–Kier alpha value is -5.77. The highest BCUT2D eigenvalue weighted by Crippen LogP contribution is 2.38. The number of para-hydroxylation sites is 1. The zero-order valence-corrected chi connectivity index (χ0v) is 29.4. The Kier molecular flexibility index (Phi) is 11.9. The SMILES string of the molecule is O=C(Nc1ccc(Oc2ccccc2)cc1)Nc1ccc(C2OC(CN(Cc3ccccc3)Cc3ccccc3)CC(c3ccc(CO)cc3)O2)cc1. The smallest absolute Gasteiger partial charge is 0.323 e. The monoisotopic (exact) mass is 705 g/mol. The summed E-state index contributed by atoms with van der Waals surface area (Å²) in [6, 6.07) is 52.9. The van der Waals surface area contributed by atoms with Gasteiger partial charge in [-0.25, -0.2) is 4.79 Å². The van der Waals surface area contributed by atoms with Gasteiger partial charge in [0.2, 0.25) is 0 Å². The quantitative estimate of drug-likeness (QED) is 0.111. The fraction of sp³-hybridized carbons (Fsp3) is 0.178. The lowest BCUT2D eigenvalue weighted by molar-refractivity contribution is -0.253. The fourth-order valence-corrected chi connectivity index (χ4v) is 6.44. The van der Waals surface area contributed by atoms with Crippen molar-refractivity contribution >= 4 is 17.4 Å². The lowest BCUT2D eigenvalue weighted by Crippen LogP contribution is -2.39. The molecule has 0 spiro atoms. The Labute approximate surface area is 310 Å². The highest BCUT2D eigenvalue weighted by Gasteiger charge is 2.33. The molecule has 1 heterocycles. The predicted octanol–water partition coefficient (Wildman–Crippen LogP) is 9.86. The highest BCUT2D eigenvalue weighted by atomic mass is 16.7. The van der Waals surface area contributed by atoms with Crippen molar-refractivity contribution in [3.05, 3.63) is 192 Å². The van der Waals surface area contributed by atoms with Gasteiger partial charge < -0.3 is 30.0 Å². The zero-order valence-electron chi connectivity index (χ0n) is 29.4. The van der Waals surface area contributed by atoms with Crippen molar-refractivity contribution in [2.45, 2.75) is 44.6 Å². The molecular formula is C45H43N3O5. The van der Waals surface area contributed by atoms with Crippen molar-refractivity contribution in [3.8, 4) is 11.5 Å². The van der Waals surface area contributed by atoms with Gasteiger partial charge in [-0.05, 0) is 70.8 Å². The summed E-state index contributed by atoms with van der Waals surface area (Å²) in [5, 5.41) is 15.4. The summed E-state index contributed by atoms with van der Waals surface area (Å²) in [7, 11) is 0. The molecule has 0 aromatic heterocycles. The lowest BCUT2D eigenvalue weighted by atomic mass is 9.99. The van der Waals surface area contributed by atoms with Crippen LogP contribution in [0.3, 0.4) is 0 Å². The second kappa shape index (κ2) is 17.6. The first-order valence-corrected chi connectivity index (χ1v) is 17.9. The summed E-state index contributed by atoms with van der Waals surface area (Å²) in [5.41, 5.74) is 6.50. The molecule has 6 aromatic carbocycles. The maximum absolute atomic E-state index is 12.9. The van der Waals surface area contributed by atoms with E-state index in [0.717, 1.165) is 35.5 Å². The number of ether oxygens (including phenoxy) is 3. The molecule has 3 atom stereocenters. The number of aliphatic hydroxyl groups is 1. The predicted molar refractivity (Wildman–Crippen MR) is 207 cm³/mol. The van der Waals surface area contributed by atoms with Crippen molar-refractivity contribution in [3.63, 3.8) is 0 Å². The molecule has 0 bridgehead atoms. The zero-order chi connectivity index (χ0) is 36.2. The number of benzene rings is 6. The minimum absolute atomic E-state index is 0.0114. The van der Waals surface area contributed by atoms with Crippen LogP contribution in [0.1, 0.15) is 46.6 Å². The average Bonchev–Trinajstić information content (AvgIpc) is 3.20. The largest absolute Gasteiger partial charge is 0.457 e. The summed E-state index contributed by atoms with van der Waals surface area (Å²) < 4.78 is 19.2. The fourth-order valence-electron chi connectivity index (χ4n) is 6.44. The lowest BCUT2D eigenvalue weighted by Gasteiger charge is -2.38. The first-order chi connectivity index (χ1) is 26.1. The molecular weight excluding hydrogens is 663 g/mol. The molecule has 1 fully saturated rings. The van der Waals surface area contributed by atoms with E-state index in [1.54, 1.807) is 12.1 Å². The van der Waals surface area contributed by atoms with Gasteiger partial charge in [-0.1, -0.05) is 115 Å². The molecule has 3 unspecified atom stereocenters. The summed E-state index contributed by atoms with van der Waals surface area (Å²) in [4.78, 5) is 15.3. The van der Waals surface area contributed by atoms with E-state index in [9.17, 15) is 9.90 Å². The van der Waals surface area contributed by atoms with E-state index in [0.29, 0.717) is 30.1 Å². The number of nitrogens with one attached hydrogen (secondary N) is 2. The standard InChI is InChI=1S/C45H43N3O5/c49-32-35-16-18-36(19-17-35)43-28-42(31-48(29-33-10-4-1-5-11-33)30-34-12-6-2-7-13-34)52-44(53-43)37-20-22-38(23-21-37)46-45(50)47-39-24-26-41(27-25-39)51-40-14-8-3-9-15-40/h1-27,42-44,49H,28-32H2,(H2,46,47,50). The van der Waals surface area contributed by atoms with E-state index in [1.165, 1.54) is 11.1 Å². The van der Waals surface area contributed by atoms with Gasteiger partial charge in [-0.2, -0.15) is 0 Å². The number of carbonyl (C=O) groups is 1. The van der Waals surface area contributed by atoms with E-state index in [-0.39, 0.29) is 24.8 Å². The number of hydrogen-bond donors (Lipinski definition) is 3. The second-order valence-corrected chi connectivity index (χ2v) is 13.1. The summed E-state index contributed by atoms with van der Waals surface area (Å²) in [5.74, 6) is 1.42. The van der Waals surface area contributed by atoms with Gasteiger partial charge in [0, 0.05) is 43.0 Å². The molecule has 7 rings (SSSR count). The molecule has 0 radical (unpaired) electrons. The molecule has 1 aliphatic heterocycles. The third-order valence-electron chi connectivity index (χ3n) is 9.11. The van der Waals surface area contributed by atoms with Crippen LogP contribution < -0.4 is 15.4 Å². The van der Waals surface area contributed by atoms with E-state index < -0.39 is 6.29 Å². The number of anilines is 2. The minimum atomic E-state index is -0.619. The Balaban J connectivity index is 1.03. The molecule has 3 N–H and O–H groups in total. The van der Waals surface area contributed by atoms with Gasteiger partial charge in [0.15, 0.2) is 6.29 Å². The third-order valence-corrected chi connectivity index (χ3v) is 9.11. The van der Waals surface area contributed by atoms with Crippen molar-refractivity contribution in [2.75, 3.05) is 17.2 Å². The molecule has 1 aliphatic rings. The molecule has 2 amide bonds. The van der Waals surface area contributed by atoms with Crippen LogP contribution in [0.15, 0.2) is 164 Å². The minimum Gasteiger partial charge on any atom is -0.457 e. The Bertz CT molecular complexity index is 1970. The van der Waals surface area contributed by atoms with Gasteiger partial charge in [0.05, 0.1) is 18.8 Å². The Morgan fingerprint density at radius 3 is 1.68 bits per heavy atom. The van der Waals surface area contributed by atoms with Crippen LogP contribution in [0, 0.1) is 0 Å². The summed E-state index contributed by atoms with van der Waals surface area (Å²) >= 11 is 0. The Morgan fingerprint density at radius 2 is 1.11 bits per heavy atom. The van der Waals surface area contributed by atoms with E-state index in [2.05, 4.69) is 64.1 Å². The van der Waals surface area contributed by atoms with Gasteiger partial charge in [-0.3, -0.25) is 4.90 Å². The maximum Gasteiger partial charge on any atom is 0.323 e. The normalized spacial score (nSPS) is 16.9. The average molecular weight is 706 g/mol. The van der Waals surface area contributed by atoms with Crippen molar-refractivity contribution in [1.29, 1.82) is 0 Å². The van der Waals surface area contributed by atoms with Gasteiger partial charge in [0.25, 0.3) is 0 Å². The topological polar surface area (TPSA) is 92.3 Å². The molecule has 8 nitrogen and oxygen atoms in total. The molecule has 268 valence electrons. The van der Waals surface area contributed by atoms with Crippen LogP contribution in [0.4, 0.5) is 16.2 Å². The number of carbonyl (C=O) groups excluding carboxylic acids is 1. The number of hydrogen-bond acceptors (Lipinski definition) is 6. The Morgan fingerprint density at radius 1 is 0.604 bits per heavy atom. The van der Waals surface area contributed by atoms with E-state index >= 15 is 0 Å². The van der Waals surface area contributed by atoms with Crippen LogP contribution in [-0.2, 0) is 29.2 Å². The number of urea groups is 1. The van der Waals surface area contributed by atoms with Crippen LogP contribution in [-0.4, -0.2) is 28.7 Å². The number of rotatable bonds is 13. The number of nitrogens with zero attached hydrogens (tertiary/aromatic N) is 1. The van der Waals surface area contributed by atoms with Gasteiger partial charge in [0.1, 0.15) is 11.5 Å². The van der Waals surface area contributed by atoms with E-state index in [1.807, 2.05) is 103 Å². The number of amides is 2. The molecule has 6 aromatic rings. The van der Waals surface area contributed by atoms with Crippen LogP contribution in [0.25, 0.3) is 0 Å². The highest BCUT2D eigenvalue weighted by molar-refractivity contribution is 5.99. The van der Waals surface area contributed by atoms with Crippen LogP contribution in [0.2, 0.25) is 0 Å². The molecule has 8 heteroatoms. The van der Waals surface area contributed by atoms with Crippen molar-refractivity contribution in [2.24, 2.45) is 0 Å². The van der Waals surface area contributed by atoms with Gasteiger partial charge >= 0.3 is 6.03 Å². The first kappa shape index (κ1) is 35.6. The van der Waals surface area contributed by atoms with Crippen LogP contribution in [0.5, 0.6) is 11.5 Å². The molecule has 53 heavy (non-hydrogen) atoms. The summed E-state index contributed by atoms with van der Waals surface area (Å²) in [6.45, 7) is 2.26. The number of aliphatic hydroxyl groups excluding tert-OH is 1. The molecule has 0 aliphatic carbocycles. The van der Waals surface area contributed by atoms with Crippen molar-refractivity contribution < 1.29 is 24.1 Å². The van der Waals surface area contributed by atoms with Gasteiger partial charge in [-0.15, -0.1) is 0 Å². The maximum atomic E-state index is 12.9. The molecule has 0 saturated carbocycles. The third kappa shape index (κ3) is 10.2. The second-order valence-electron chi connectivity index (χ2n) is 13.1. The first-order valence-electron chi connectivity index (χ1n) is 17.9.